The Kier molecular flexibility index (Phi) is 7.45. The van der Waals surface area contributed by atoms with Gasteiger partial charge in [0, 0.05) is 24.5 Å². The number of ether oxygens (including phenoxy) is 1. The van der Waals surface area contributed by atoms with Crippen LogP contribution in [0.4, 0.5) is 11.6 Å². The number of aromatic nitrogens is 2. The second-order valence-electron chi connectivity index (χ2n) is 7.09. The molecule has 2 atom stereocenters. The van der Waals surface area contributed by atoms with E-state index in [2.05, 4.69) is 20.6 Å². The molecule has 0 fully saturated rings. The van der Waals surface area contributed by atoms with Gasteiger partial charge in [0.15, 0.2) is 22.5 Å². The van der Waals surface area contributed by atoms with Crippen LogP contribution in [-0.4, -0.2) is 52.8 Å². The third kappa shape index (κ3) is 5.94. The topological polar surface area (TPSA) is 148 Å². The third-order valence-electron chi connectivity index (χ3n) is 4.57. The summed E-state index contributed by atoms with van der Waals surface area (Å²) in [5, 5.41) is 18.1. The summed E-state index contributed by atoms with van der Waals surface area (Å²) in [5.74, 6) is 0.0742. The molecule has 0 spiro atoms. The average Bonchev–Trinajstić information content (AvgIpc) is 2.77. The number of benzene rings is 2. The summed E-state index contributed by atoms with van der Waals surface area (Å²) in [4.78, 5) is 19.9. The molecule has 3 rings (SSSR count). The number of halogens is 1. The number of aliphatic hydroxyl groups excluding tert-OH is 1. The van der Waals surface area contributed by atoms with Crippen LogP contribution in [0.15, 0.2) is 42.5 Å². The zero-order valence-electron chi connectivity index (χ0n) is 17.0. The van der Waals surface area contributed by atoms with Crippen molar-refractivity contribution in [3.05, 3.63) is 53.3 Å². The summed E-state index contributed by atoms with van der Waals surface area (Å²) in [7, 11) is 0. The van der Waals surface area contributed by atoms with Crippen molar-refractivity contribution in [1.29, 1.82) is 0 Å². The van der Waals surface area contributed by atoms with Crippen LogP contribution in [0.1, 0.15) is 17.4 Å². The SMILES string of the molecule is C[C@H](CNC(=O)c1nc(Cl)c(N)nc1N)NC[C@H](O)COc1cccc2ccccc12. The van der Waals surface area contributed by atoms with Gasteiger partial charge in [-0.15, -0.1) is 0 Å². The molecule has 3 aromatic rings. The van der Waals surface area contributed by atoms with Gasteiger partial charge in [0.05, 0.1) is 0 Å². The van der Waals surface area contributed by atoms with Gasteiger partial charge in [-0.2, -0.15) is 0 Å². The van der Waals surface area contributed by atoms with Crippen LogP contribution in [0.2, 0.25) is 5.15 Å². The summed E-state index contributed by atoms with van der Waals surface area (Å²) < 4.78 is 5.79. The smallest absolute Gasteiger partial charge is 0.273 e. The molecule has 10 heteroatoms. The highest BCUT2D eigenvalue weighted by atomic mass is 35.5. The Morgan fingerprint density at radius 2 is 1.87 bits per heavy atom. The summed E-state index contributed by atoms with van der Waals surface area (Å²) in [6.45, 7) is 2.57. The van der Waals surface area contributed by atoms with Crippen molar-refractivity contribution < 1.29 is 14.6 Å². The first kappa shape index (κ1) is 22.5. The minimum Gasteiger partial charge on any atom is -0.490 e. The van der Waals surface area contributed by atoms with Crippen LogP contribution in [-0.2, 0) is 0 Å². The first-order valence-electron chi connectivity index (χ1n) is 9.74. The summed E-state index contributed by atoms with van der Waals surface area (Å²) in [6, 6.07) is 13.6. The lowest BCUT2D eigenvalue weighted by molar-refractivity contribution is 0.0938. The first-order valence-corrected chi connectivity index (χ1v) is 10.1. The largest absolute Gasteiger partial charge is 0.490 e. The maximum absolute atomic E-state index is 12.2. The van der Waals surface area contributed by atoms with E-state index in [0.29, 0.717) is 0 Å². The van der Waals surface area contributed by atoms with Crippen molar-refractivity contribution in [3.63, 3.8) is 0 Å². The molecule has 0 unspecified atom stereocenters. The van der Waals surface area contributed by atoms with Gasteiger partial charge < -0.3 is 31.9 Å². The molecule has 0 aliphatic heterocycles. The predicted molar refractivity (Wildman–Crippen MR) is 121 cm³/mol. The minimum atomic E-state index is -0.727. The molecular weight excluding hydrogens is 420 g/mol. The van der Waals surface area contributed by atoms with Crippen molar-refractivity contribution in [2.45, 2.75) is 19.1 Å². The fraction of sp³-hybridized carbons (Fsp3) is 0.286. The molecule has 0 radical (unpaired) electrons. The molecule has 1 amide bonds. The van der Waals surface area contributed by atoms with Crippen LogP contribution >= 0.6 is 11.6 Å². The number of carbonyl (C=O) groups is 1. The second-order valence-corrected chi connectivity index (χ2v) is 7.45. The van der Waals surface area contributed by atoms with Gasteiger partial charge in [-0.05, 0) is 18.4 Å². The zero-order chi connectivity index (χ0) is 22.4. The van der Waals surface area contributed by atoms with Crippen molar-refractivity contribution in [2.75, 3.05) is 31.2 Å². The van der Waals surface area contributed by atoms with Crippen LogP contribution in [0.25, 0.3) is 10.8 Å². The number of nitrogens with one attached hydrogen (secondary N) is 2. The minimum absolute atomic E-state index is 0.0366. The molecule has 0 bridgehead atoms. The Bertz CT molecular complexity index is 1060. The Hall–Kier alpha value is -3.14. The normalized spacial score (nSPS) is 13.0. The number of rotatable bonds is 9. The number of amides is 1. The standard InChI is InChI=1S/C21H25ClN6O3/c1-12(9-26-21(30)17-19(23)28-20(24)18(22)27-17)25-10-14(29)11-31-16-8-4-6-13-5-2-3-7-15(13)16/h2-8,12,14,25,29H,9-11H2,1H3,(H,26,30)(H4,23,24,28)/t12-,14+/m1/s1. The monoisotopic (exact) mass is 444 g/mol. The van der Waals surface area contributed by atoms with Gasteiger partial charge in [0.2, 0.25) is 0 Å². The van der Waals surface area contributed by atoms with Crippen molar-refractivity contribution in [2.24, 2.45) is 0 Å². The molecule has 1 aromatic heterocycles. The third-order valence-corrected chi connectivity index (χ3v) is 4.85. The maximum atomic E-state index is 12.2. The fourth-order valence-corrected chi connectivity index (χ4v) is 3.04. The van der Waals surface area contributed by atoms with Gasteiger partial charge in [-0.3, -0.25) is 4.79 Å². The van der Waals surface area contributed by atoms with E-state index in [4.69, 9.17) is 27.8 Å². The molecule has 164 valence electrons. The quantitative estimate of drug-likeness (QED) is 0.334. The maximum Gasteiger partial charge on any atom is 0.273 e. The number of nitrogen functional groups attached to an aromatic ring is 2. The molecule has 7 N–H and O–H groups in total. The van der Waals surface area contributed by atoms with Crippen LogP contribution in [0.5, 0.6) is 5.75 Å². The van der Waals surface area contributed by atoms with Crippen molar-refractivity contribution in [1.82, 2.24) is 20.6 Å². The lowest BCUT2D eigenvalue weighted by Crippen LogP contribution is -2.43. The molecule has 1 heterocycles. The van der Waals surface area contributed by atoms with E-state index in [9.17, 15) is 9.90 Å². The summed E-state index contributed by atoms with van der Waals surface area (Å²) in [5.41, 5.74) is 11.1. The molecule has 0 saturated carbocycles. The van der Waals surface area contributed by atoms with Crippen LogP contribution in [0.3, 0.4) is 0 Å². The molecule has 0 aliphatic carbocycles. The van der Waals surface area contributed by atoms with Crippen LogP contribution < -0.4 is 26.8 Å². The number of fused-ring (bicyclic) bond motifs is 1. The van der Waals surface area contributed by atoms with Gasteiger partial charge in [-0.1, -0.05) is 48.0 Å². The Balaban J connectivity index is 1.43. The number of nitrogens with zero attached hydrogens (tertiary/aromatic N) is 2. The zero-order valence-corrected chi connectivity index (χ0v) is 17.8. The molecular formula is C21H25ClN6O3. The van der Waals surface area contributed by atoms with Crippen molar-refractivity contribution >= 4 is 39.9 Å². The highest BCUT2D eigenvalue weighted by Gasteiger charge is 2.17. The van der Waals surface area contributed by atoms with Gasteiger partial charge in [-0.25, -0.2) is 9.97 Å². The predicted octanol–water partition coefficient (Wildman–Crippen LogP) is 1.60. The summed E-state index contributed by atoms with van der Waals surface area (Å²) in [6.07, 6.45) is -0.727. The molecule has 31 heavy (non-hydrogen) atoms. The van der Waals surface area contributed by atoms with Gasteiger partial charge >= 0.3 is 0 Å². The highest BCUT2D eigenvalue weighted by molar-refractivity contribution is 6.31. The van der Waals surface area contributed by atoms with Gasteiger partial charge in [0.1, 0.15) is 18.5 Å². The lowest BCUT2D eigenvalue weighted by atomic mass is 10.1. The Morgan fingerprint density at radius 3 is 2.68 bits per heavy atom. The van der Waals surface area contributed by atoms with E-state index in [1.54, 1.807) is 0 Å². The first-order chi connectivity index (χ1) is 14.8. The highest BCUT2D eigenvalue weighted by Crippen LogP contribution is 2.25. The summed E-state index contributed by atoms with van der Waals surface area (Å²) >= 11 is 5.80. The van der Waals surface area contributed by atoms with E-state index >= 15 is 0 Å². The lowest BCUT2D eigenvalue weighted by Gasteiger charge is -2.18. The van der Waals surface area contributed by atoms with E-state index in [1.165, 1.54) is 0 Å². The molecule has 2 aromatic carbocycles. The number of hydrogen-bond acceptors (Lipinski definition) is 8. The van der Waals surface area contributed by atoms with E-state index in [0.717, 1.165) is 16.5 Å². The average molecular weight is 445 g/mol. The van der Waals surface area contributed by atoms with Crippen molar-refractivity contribution in [3.8, 4) is 5.75 Å². The van der Waals surface area contributed by atoms with Gasteiger partial charge in [0.25, 0.3) is 5.91 Å². The number of carbonyl (C=O) groups excluding carboxylic acids is 1. The molecule has 9 nitrogen and oxygen atoms in total. The number of anilines is 2. The van der Waals surface area contributed by atoms with E-state index in [1.807, 2.05) is 49.4 Å². The number of hydrogen-bond donors (Lipinski definition) is 5. The Morgan fingerprint density at radius 1 is 1.13 bits per heavy atom. The molecule has 0 aliphatic rings. The number of aliphatic hydroxyl groups is 1. The van der Waals surface area contributed by atoms with E-state index < -0.39 is 12.0 Å². The van der Waals surface area contributed by atoms with Crippen LogP contribution in [0, 0.1) is 0 Å². The Labute approximate surface area is 184 Å². The van der Waals surface area contributed by atoms with E-state index in [-0.39, 0.29) is 48.2 Å². The number of nitrogens with two attached hydrogens (primary N) is 2. The fourth-order valence-electron chi connectivity index (χ4n) is 2.91. The second kappa shape index (κ2) is 10.3. The molecule has 0 saturated heterocycles.